The van der Waals surface area contributed by atoms with E-state index in [0.717, 1.165) is 17.9 Å². The van der Waals surface area contributed by atoms with E-state index in [9.17, 15) is 0 Å². The normalized spacial score (nSPS) is 20.6. The molecule has 0 aromatic rings. The van der Waals surface area contributed by atoms with Gasteiger partial charge < -0.3 is 5.32 Å². The first-order chi connectivity index (χ1) is 7.13. The zero-order valence-electron chi connectivity index (χ0n) is 11.1. The smallest absolute Gasteiger partial charge is 0.00951 e. The van der Waals surface area contributed by atoms with Crippen LogP contribution in [0.5, 0.6) is 0 Å². The molecule has 0 heterocycles. The average Bonchev–Trinajstić information content (AvgIpc) is 2.96. The van der Waals surface area contributed by atoms with Crippen LogP contribution in [0.15, 0.2) is 0 Å². The molecule has 1 nitrogen and oxygen atoms in total. The highest BCUT2D eigenvalue weighted by Crippen LogP contribution is 2.34. The molecule has 1 saturated carbocycles. The first-order valence-electron chi connectivity index (χ1n) is 6.89. The Balaban J connectivity index is 2.08. The van der Waals surface area contributed by atoms with Gasteiger partial charge in [0.2, 0.25) is 0 Å². The van der Waals surface area contributed by atoms with Gasteiger partial charge in [-0.05, 0) is 44.4 Å². The average molecular weight is 211 g/mol. The van der Waals surface area contributed by atoms with Gasteiger partial charge in [-0.2, -0.15) is 0 Å². The maximum absolute atomic E-state index is 3.80. The van der Waals surface area contributed by atoms with E-state index in [0.29, 0.717) is 6.04 Å². The Bertz CT molecular complexity index is 161. The molecule has 2 atom stereocenters. The molecule has 0 bridgehead atoms. The van der Waals surface area contributed by atoms with Gasteiger partial charge in [0.25, 0.3) is 0 Å². The molecule has 1 N–H and O–H groups in total. The topological polar surface area (TPSA) is 12.0 Å². The van der Waals surface area contributed by atoms with Crippen LogP contribution in [0, 0.1) is 11.8 Å². The molecule has 1 aliphatic carbocycles. The molecule has 0 saturated heterocycles. The number of nitrogens with one attached hydrogen (secondary N) is 1. The lowest BCUT2D eigenvalue weighted by Gasteiger charge is -2.22. The Labute approximate surface area is 96.0 Å². The summed E-state index contributed by atoms with van der Waals surface area (Å²) in [5, 5.41) is 3.80. The van der Waals surface area contributed by atoms with Crippen LogP contribution in [-0.4, -0.2) is 12.1 Å². The fourth-order valence-corrected chi connectivity index (χ4v) is 2.37. The highest BCUT2D eigenvalue weighted by molar-refractivity contribution is 4.86. The number of hydrogen-bond donors (Lipinski definition) is 1. The summed E-state index contributed by atoms with van der Waals surface area (Å²) in [5.41, 5.74) is 0. The molecule has 0 aliphatic heterocycles. The zero-order chi connectivity index (χ0) is 11.3. The minimum Gasteiger partial charge on any atom is -0.311 e. The number of hydrogen-bond acceptors (Lipinski definition) is 1. The van der Waals surface area contributed by atoms with Crippen molar-refractivity contribution in [1.82, 2.24) is 5.32 Å². The van der Waals surface area contributed by atoms with Crippen LogP contribution in [0.1, 0.15) is 66.2 Å². The van der Waals surface area contributed by atoms with Crippen LogP contribution in [0.3, 0.4) is 0 Å². The molecule has 0 amide bonds. The van der Waals surface area contributed by atoms with Crippen molar-refractivity contribution in [3.8, 4) is 0 Å². The first kappa shape index (κ1) is 13.0. The molecule has 1 aliphatic rings. The molecule has 0 radical (unpaired) electrons. The predicted molar refractivity (Wildman–Crippen MR) is 68.1 cm³/mol. The van der Waals surface area contributed by atoms with E-state index in [2.05, 4.69) is 33.0 Å². The van der Waals surface area contributed by atoms with E-state index in [1.165, 1.54) is 38.5 Å². The third kappa shape index (κ3) is 5.55. The summed E-state index contributed by atoms with van der Waals surface area (Å²) in [6, 6.07) is 1.52. The second-order valence-corrected chi connectivity index (χ2v) is 5.74. The second-order valence-electron chi connectivity index (χ2n) is 5.74. The largest absolute Gasteiger partial charge is 0.311 e. The Morgan fingerprint density at radius 2 is 1.80 bits per heavy atom. The summed E-state index contributed by atoms with van der Waals surface area (Å²) in [5.74, 6) is 1.87. The fraction of sp³-hybridized carbons (Fsp3) is 1.00. The molecule has 1 rings (SSSR count). The summed E-state index contributed by atoms with van der Waals surface area (Å²) in [6.45, 7) is 9.30. The van der Waals surface area contributed by atoms with Crippen LogP contribution in [0.4, 0.5) is 0 Å². The van der Waals surface area contributed by atoms with E-state index in [1.807, 2.05) is 0 Å². The van der Waals surface area contributed by atoms with Crippen LogP contribution in [0.25, 0.3) is 0 Å². The lowest BCUT2D eigenvalue weighted by Crippen LogP contribution is -2.37. The van der Waals surface area contributed by atoms with Crippen molar-refractivity contribution in [1.29, 1.82) is 0 Å². The van der Waals surface area contributed by atoms with Crippen molar-refractivity contribution in [3.05, 3.63) is 0 Å². The van der Waals surface area contributed by atoms with Crippen molar-refractivity contribution >= 4 is 0 Å². The molecule has 0 spiro atoms. The van der Waals surface area contributed by atoms with Crippen LogP contribution < -0.4 is 5.32 Å². The SMILES string of the molecule is CCC(NC(C)CCCC(C)C)C1CC1. The Morgan fingerprint density at radius 3 is 2.27 bits per heavy atom. The van der Waals surface area contributed by atoms with Gasteiger partial charge in [-0.15, -0.1) is 0 Å². The predicted octanol–water partition coefficient (Wildman–Crippen LogP) is 3.98. The molecular formula is C14H29N. The minimum absolute atomic E-state index is 0.717. The highest BCUT2D eigenvalue weighted by atomic mass is 15.0. The molecule has 15 heavy (non-hydrogen) atoms. The highest BCUT2D eigenvalue weighted by Gasteiger charge is 2.30. The summed E-state index contributed by atoms with van der Waals surface area (Å²) in [6.07, 6.45) is 8.34. The molecule has 1 heteroatoms. The van der Waals surface area contributed by atoms with Crippen LogP contribution in [-0.2, 0) is 0 Å². The third-order valence-corrected chi connectivity index (χ3v) is 3.55. The summed E-state index contributed by atoms with van der Waals surface area (Å²) < 4.78 is 0. The lowest BCUT2D eigenvalue weighted by molar-refractivity contribution is 0.372. The van der Waals surface area contributed by atoms with Gasteiger partial charge in [-0.1, -0.05) is 33.6 Å². The summed E-state index contributed by atoms with van der Waals surface area (Å²) >= 11 is 0. The van der Waals surface area contributed by atoms with E-state index in [4.69, 9.17) is 0 Å². The Morgan fingerprint density at radius 1 is 1.13 bits per heavy atom. The standard InChI is InChI=1S/C14H29N/c1-5-14(13-9-10-13)15-12(4)8-6-7-11(2)3/h11-15H,5-10H2,1-4H3. The number of rotatable bonds is 8. The van der Waals surface area contributed by atoms with Gasteiger partial charge in [0.15, 0.2) is 0 Å². The molecule has 0 aromatic heterocycles. The van der Waals surface area contributed by atoms with Crippen molar-refractivity contribution in [2.45, 2.75) is 78.3 Å². The summed E-state index contributed by atoms with van der Waals surface area (Å²) in [4.78, 5) is 0. The molecule has 1 fully saturated rings. The Hall–Kier alpha value is -0.0400. The van der Waals surface area contributed by atoms with Crippen LogP contribution in [0.2, 0.25) is 0 Å². The zero-order valence-corrected chi connectivity index (χ0v) is 11.1. The van der Waals surface area contributed by atoms with Crippen molar-refractivity contribution in [2.24, 2.45) is 11.8 Å². The molecule has 0 aromatic carbocycles. The summed E-state index contributed by atoms with van der Waals surface area (Å²) in [7, 11) is 0. The van der Waals surface area contributed by atoms with Gasteiger partial charge in [-0.25, -0.2) is 0 Å². The quantitative estimate of drug-likeness (QED) is 0.640. The van der Waals surface area contributed by atoms with E-state index >= 15 is 0 Å². The lowest BCUT2D eigenvalue weighted by atomic mass is 10.0. The van der Waals surface area contributed by atoms with Crippen LogP contribution >= 0.6 is 0 Å². The monoisotopic (exact) mass is 211 g/mol. The van der Waals surface area contributed by atoms with Gasteiger partial charge in [0.1, 0.15) is 0 Å². The van der Waals surface area contributed by atoms with Gasteiger partial charge >= 0.3 is 0 Å². The third-order valence-electron chi connectivity index (χ3n) is 3.55. The van der Waals surface area contributed by atoms with Crippen molar-refractivity contribution in [3.63, 3.8) is 0 Å². The Kier molecular flexibility index (Phi) is 5.66. The van der Waals surface area contributed by atoms with E-state index in [1.54, 1.807) is 0 Å². The maximum Gasteiger partial charge on any atom is 0.00951 e. The van der Waals surface area contributed by atoms with Gasteiger partial charge in [0, 0.05) is 12.1 Å². The van der Waals surface area contributed by atoms with E-state index in [-0.39, 0.29) is 0 Å². The van der Waals surface area contributed by atoms with Gasteiger partial charge in [-0.3, -0.25) is 0 Å². The van der Waals surface area contributed by atoms with Gasteiger partial charge in [0.05, 0.1) is 0 Å². The van der Waals surface area contributed by atoms with E-state index < -0.39 is 0 Å². The molecular weight excluding hydrogens is 182 g/mol. The molecule has 2 unspecified atom stereocenters. The van der Waals surface area contributed by atoms with Crippen molar-refractivity contribution < 1.29 is 0 Å². The molecule has 90 valence electrons. The maximum atomic E-state index is 3.80. The second kappa shape index (κ2) is 6.52. The van der Waals surface area contributed by atoms with Crippen molar-refractivity contribution in [2.75, 3.05) is 0 Å². The fourth-order valence-electron chi connectivity index (χ4n) is 2.37. The minimum atomic E-state index is 0.717. The first-order valence-corrected chi connectivity index (χ1v) is 6.89.